The van der Waals surface area contributed by atoms with E-state index in [0.717, 1.165) is 29.7 Å². The molecule has 1 N–H and O–H groups in total. The molecule has 7 heteroatoms. The van der Waals surface area contributed by atoms with Crippen LogP contribution in [0.4, 0.5) is 0 Å². The molecule has 2 aromatic carbocycles. The number of aryl methyl sites for hydroxylation is 2. The van der Waals surface area contributed by atoms with Crippen LogP contribution < -0.4 is 25.1 Å². The second kappa shape index (κ2) is 10.2. The SMILES string of the molecule is CCn1cc(C(=O)NCc2ccc(C)cc2OC2CCCC2)c2cc(OC)c(OC)cc2c1=O. The Hall–Kier alpha value is -3.48. The highest BCUT2D eigenvalue weighted by atomic mass is 16.5. The number of methoxy groups -OCH3 is 2. The number of benzene rings is 2. The minimum absolute atomic E-state index is 0.180. The first kappa shape index (κ1) is 23.7. The summed E-state index contributed by atoms with van der Waals surface area (Å²) in [7, 11) is 3.05. The van der Waals surface area contributed by atoms with Gasteiger partial charge in [-0.05, 0) is 63.3 Å². The van der Waals surface area contributed by atoms with Crippen LogP contribution in [0.1, 0.15) is 54.1 Å². The predicted molar refractivity (Wildman–Crippen MR) is 132 cm³/mol. The van der Waals surface area contributed by atoms with Crippen LogP contribution in [0, 0.1) is 6.92 Å². The molecule has 0 aliphatic heterocycles. The zero-order valence-corrected chi connectivity index (χ0v) is 20.3. The zero-order valence-electron chi connectivity index (χ0n) is 20.3. The van der Waals surface area contributed by atoms with E-state index in [1.54, 1.807) is 18.3 Å². The summed E-state index contributed by atoms with van der Waals surface area (Å²) in [5, 5.41) is 3.96. The number of nitrogens with zero attached hydrogens (tertiary/aromatic N) is 1. The number of carbonyl (C=O) groups excluding carboxylic acids is 1. The normalized spacial score (nSPS) is 13.8. The van der Waals surface area contributed by atoms with E-state index < -0.39 is 0 Å². The third-order valence-electron chi connectivity index (χ3n) is 6.43. The van der Waals surface area contributed by atoms with Crippen molar-refractivity contribution in [1.82, 2.24) is 9.88 Å². The molecule has 7 nitrogen and oxygen atoms in total. The predicted octanol–water partition coefficient (Wildman–Crippen LogP) is 4.60. The molecule has 0 unspecified atom stereocenters. The number of nitrogens with one attached hydrogen (secondary N) is 1. The average molecular weight is 465 g/mol. The number of fused-ring (bicyclic) bond motifs is 1. The lowest BCUT2D eigenvalue weighted by Gasteiger charge is -2.18. The van der Waals surface area contributed by atoms with Gasteiger partial charge in [0.05, 0.1) is 31.3 Å². The van der Waals surface area contributed by atoms with Gasteiger partial charge in [0.15, 0.2) is 11.5 Å². The highest BCUT2D eigenvalue weighted by Crippen LogP contribution is 2.32. The van der Waals surface area contributed by atoms with Gasteiger partial charge >= 0.3 is 0 Å². The van der Waals surface area contributed by atoms with Gasteiger partial charge in [-0.15, -0.1) is 0 Å². The Labute approximate surface area is 199 Å². The minimum atomic E-state index is -0.271. The quantitative estimate of drug-likeness (QED) is 0.527. The fourth-order valence-electron chi connectivity index (χ4n) is 4.51. The molecular weight excluding hydrogens is 432 g/mol. The first-order valence-corrected chi connectivity index (χ1v) is 11.8. The van der Waals surface area contributed by atoms with Gasteiger partial charge < -0.3 is 24.1 Å². The summed E-state index contributed by atoms with van der Waals surface area (Å²) >= 11 is 0. The standard InChI is InChI=1S/C27H32N2O5/c1-5-29-16-22(20-13-24(32-3)25(33-4)14-21(20)27(29)31)26(30)28-15-18-11-10-17(2)12-23(18)34-19-8-6-7-9-19/h10-14,16,19H,5-9,15H2,1-4H3,(H,28,30). The molecular formula is C27H32N2O5. The number of ether oxygens (including phenoxy) is 3. The van der Waals surface area contributed by atoms with Crippen molar-refractivity contribution in [3.63, 3.8) is 0 Å². The monoisotopic (exact) mass is 464 g/mol. The Morgan fingerprint density at radius 3 is 2.35 bits per heavy atom. The van der Waals surface area contributed by atoms with Gasteiger partial charge in [-0.1, -0.05) is 12.1 Å². The first-order chi connectivity index (χ1) is 16.4. The van der Waals surface area contributed by atoms with Crippen LogP contribution in [0.15, 0.2) is 41.3 Å². The fraction of sp³-hybridized carbons (Fsp3) is 0.407. The number of rotatable bonds is 8. The molecule has 0 atom stereocenters. The Kier molecular flexibility index (Phi) is 7.10. The van der Waals surface area contributed by atoms with Gasteiger partial charge in [0.1, 0.15) is 5.75 Å². The smallest absolute Gasteiger partial charge is 0.258 e. The Balaban J connectivity index is 1.66. The van der Waals surface area contributed by atoms with Crippen molar-refractivity contribution in [1.29, 1.82) is 0 Å². The molecule has 1 aromatic heterocycles. The second-order valence-corrected chi connectivity index (χ2v) is 8.70. The fourth-order valence-corrected chi connectivity index (χ4v) is 4.51. The molecule has 180 valence electrons. The molecule has 1 fully saturated rings. The van der Waals surface area contributed by atoms with E-state index in [1.165, 1.54) is 31.6 Å². The van der Waals surface area contributed by atoms with Crippen molar-refractivity contribution in [2.75, 3.05) is 14.2 Å². The summed E-state index contributed by atoms with van der Waals surface area (Å²) in [6.45, 7) is 4.67. The molecule has 4 rings (SSSR count). The molecule has 0 saturated heterocycles. The molecule has 3 aromatic rings. The first-order valence-electron chi connectivity index (χ1n) is 11.8. The molecule has 1 amide bonds. The maximum Gasteiger partial charge on any atom is 0.258 e. The van der Waals surface area contributed by atoms with Gasteiger partial charge in [-0.2, -0.15) is 0 Å². The number of hydrogen-bond donors (Lipinski definition) is 1. The van der Waals surface area contributed by atoms with Crippen molar-refractivity contribution < 1.29 is 19.0 Å². The lowest BCUT2D eigenvalue weighted by molar-refractivity contribution is 0.0951. The van der Waals surface area contributed by atoms with E-state index in [2.05, 4.69) is 5.32 Å². The minimum Gasteiger partial charge on any atom is -0.493 e. The van der Waals surface area contributed by atoms with Crippen LogP contribution in [0.2, 0.25) is 0 Å². The van der Waals surface area contributed by atoms with Crippen LogP contribution in [0.25, 0.3) is 10.8 Å². The summed E-state index contributed by atoms with van der Waals surface area (Å²) in [5.74, 6) is 1.46. The van der Waals surface area contributed by atoms with E-state index >= 15 is 0 Å². The molecule has 1 heterocycles. The van der Waals surface area contributed by atoms with Gasteiger partial charge in [0.25, 0.3) is 11.5 Å². The van der Waals surface area contributed by atoms with E-state index in [1.807, 2.05) is 32.0 Å². The van der Waals surface area contributed by atoms with Crippen LogP contribution in [-0.4, -0.2) is 30.8 Å². The van der Waals surface area contributed by atoms with Crippen LogP contribution in [0.3, 0.4) is 0 Å². The van der Waals surface area contributed by atoms with E-state index in [-0.39, 0.29) is 17.6 Å². The number of hydrogen-bond acceptors (Lipinski definition) is 5. The zero-order chi connectivity index (χ0) is 24.2. The van der Waals surface area contributed by atoms with Gasteiger partial charge in [-0.3, -0.25) is 9.59 Å². The van der Waals surface area contributed by atoms with Crippen molar-refractivity contribution >= 4 is 16.7 Å². The van der Waals surface area contributed by atoms with Crippen molar-refractivity contribution in [3.05, 3.63) is 63.6 Å². The topological polar surface area (TPSA) is 78.8 Å². The molecule has 0 bridgehead atoms. The maximum atomic E-state index is 13.3. The van der Waals surface area contributed by atoms with Gasteiger partial charge in [0.2, 0.25) is 0 Å². The molecule has 34 heavy (non-hydrogen) atoms. The van der Waals surface area contributed by atoms with E-state index in [9.17, 15) is 9.59 Å². The van der Waals surface area contributed by atoms with Crippen LogP contribution in [0.5, 0.6) is 17.2 Å². The van der Waals surface area contributed by atoms with E-state index in [0.29, 0.717) is 40.9 Å². The molecule has 1 aliphatic carbocycles. The van der Waals surface area contributed by atoms with Crippen molar-refractivity contribution in [2.24, 2.45) is 0 Å². The van der Waals surface area contributed by atoms with Crippen molar-refractivity contribution in [2.45, 2.75) is 58.7 Å². The highest BCUT2D eigenvalue weighted by Gasteiger charge is 2.20. The van der Waals surface area contributed by atoms with Crippen LogP contribution >= 0.6 is 0 Å². The number of carbonyl (C=O) groups is 1. The van der Waals surface area contributed by atoms with Crippen LogP contribution in [-0.2, 0) is 13.1 Å². The molecule has 1 aliphatic rings. The van der Waals surface area contributed by atoms with Gasteiger partial charge in [-0.25, -0.2) is 0 Å². The third kappa shape index (κ3) is 4.74. The van der Waals surface area contributed by atoms with Crippen molar-refractivity contribution in [3.8, 4) is 17.2 Å². The second-order valence-electron chi connectivity index (χ2n) is 8.70. The van der Waals surface area contributed by atoms with Gasteiger partial charge in [0, 0.05) is 30.2 Å². The lowest BCUT2D eigenvalue weighted by Crippen LogP contribution is -2.27. The summed E-state index contributed by atoms with van der Waals surface area (Å²) in [5.41, 5.74) is 2.27. The summed E-state index contributed by atoms with van der Waals surface area (Å²) < 4.78 is 18.6. The highest BCUT2D eigenvalue weighted by molar-refractivity contribution is 6.07. The maximum absolute atomic E-state index is 13.3. The molecule has 0 radical (unpaired) electrons. The summed E-state index contributed by atoms with van der Waals surface area (Å²) in [4.78, 5) is 26.3. The molecule has 0 spiro atoms. The third-order valence-corrected chi connectivity index (χ3v) is 6.43. The number of pyridine rings is 1. The Bertz CT molecular complexity index is 1260. The summed E-state index contributed by atoms with van der Waals surface area (Å²) in [6, 6.07) is 9.37. The largest absolute Gasteiger partial charge is 0.493 e. The van der Waals surface area contributed by atoms with E-state index in [4.69, 9.17) is 14.2 Å². The summed E-state index contributed by atoms with van der Waals surface area (Å²) in [6.07, 6.45) is 6.35. The number of aromatic nitrogens is 1. The number of amides is 1. The lowest BCUT2D eigenvalue weighted by atomic mass is 10.0. The molecule has 1 saturated carbocycles. The Morgan fingerprint density at radius 1 is 1.03 bits per heavy atom. The Morgan fingerprint density at radius 2 is 1.71 bits per heavy atom. The average Bonchev–Trinajstić information content (AvgIpc) is 3.36.